The molecule has 0 saturated heterocycles. The number of hydrogen-bond donors (Lipinski definition) is 2. The zero-order valence-electron chi connectivity index (χ0n) is 6.55. The van der Waals surface area contributed by atoms with Crippen molar-refractivity contribution in [2.24, 2.45) is 0 Å². The smallest absolute Gasteiger partial charge is 0.247 e. The molecule has 1 amide bonds. The molecule has 0 radical (unpaired) electrons. The molecular formula is C8H7Cl2NO2. The van der Waals surface area contributed by atoms with Gasteiger partial charge in [-0.1, -0.05) is 23.2 Å². The minimum absolute atomic E-state index is 0.00981. The summed E-state index contributed by atoms with van der Waals surface area (Å²) in [4.78, 5) is 10.8. The average molecular weight is 220 g/mol. The van der Waals surface area contributed by atoms with Crippen LogP contribution in [0.15, 0.2) is 18.2 Å². The first-order valence-corrected chi connectivity index (χ1v) is 4.26. The number of nitrogens with one attached hydrogen (secondary N) is 1. The largest absolute Gasteiger partial charge is 0.289 e. The normalized spacial score (nSPS) is 9.77. The van der Waals surface area contributed by atoms with Crippen molar-refractivity contribution >= 4 is 29.1 Å². The van der Waals surface area contributed by atoms with Gasteiger partial charge in [0.25, 0.3) is 0 Å². The van der Waals surface area contributed by atoms with Gasteiger partial charge in [-0.05, 0) is 23.8 Å². The van der Waals surface area contributed by atoms with E-state index in [0.29, 0.717) is 15.6 Å². The fourth-order valence-corrected chi connectivity index (χ4v) is 1.27. The van der Waals surface area contributed by atoms with Gasteiger partial charge in [-0.25, -0.2) is 5.48 Å². The van der Waals surface area contributed by atoms with Gasteiger partial charge in [0.05, 0.1) is 6.42 Å². The maximum atomic E-state index is 10.8. The number of benzene rings is 1. The van der Waals surface area contributed by atoms with Crippen LogP contribution in [0.5, 0.6) is 0 Å². The van der Waals surface area contributed by atoms with Crippen LogP contribution >= 0.6 is 23.2 Å². The van der Waals surface area contributed by atoms with E-state index in [1.165, 1.54) is 5.48 Å². The van der Waals surface area contributed by atoms with Crippen molar-refractivity contribution in [2.45, 2.75) is 6.42 Å². The predicted octanol–water partition coefficient (Wildman–Crippen LogP) is 2.04. The summed E-state index contributed by atoms with van der Waals surface area (Å²) in [5.74, 6) is -0.524. The first-order valence-electron chi connectivity index (χ1n) is 3.50. The first kappa shape index (κ1) is 10.3. The predicted molar refractivity (Wildman–Crippen MR) is 50.1 cm³/mol. The number of hydrogen-bond acceptors (Lipinski definition) is 2. The van der Waals surface area contributed by atoms with E-state index in [9.17, 15) is 4.79 Å². The van der Waals surface area contributed by atoms with Crippen molar-refractivity contribution < 1.29 is 10.0 Å². The molecule has 0 unspecified atom stereocenters. The molecule has 1 aromatic rings. The van der Waals surface area contributed by atoms with Crippen LogP contribution in [0, 0.1) is 0 Å². The maximum Gasteiger partial charge on any atom is 0.247 e. The molecule has 0 fully saturated rings. The van der Waals surface area contributed by atoms with Crippen molar-refractivity contribution in [3.05, 3.63) is 33.8 Å². The topological polar surface area (TPSA) is 49.3 Å². The van der Waals surface area contributed by atoms with Crippen LogP contribution in [-0.2, 0) is 11.2 Å². The second kappa shape index (κ2) is 4.46. The van der Waals surface area contributed by atoms with Gasteiger partial charge in [0, 0.05) is 10.0 Å². The Labute approximate surface area is 85.2 Å². The van der Waals surface area contributed by atoms with Crippen molar-refractivity contribution in [3.63, 3.8) is 0 Å². The molecule has 0 bridgehead atoms. The Bertz CT molecular complexity index is 328. The van der Waals surface area contributed by atoms with Gasteiger partial charge < -0.3 is 0 Å². The second-order valence-corrected chi connectivity index (χ2v) is 3.29. The number of hydroxylamine groups is 1. The summed E-state index contributed by atoms with van der Waals surface area (Å²) in [7, 11) is 0. The van der Waals surface area contributed by atoms with Gasteiger partial charge in [-0.2, -0.15) is 0 Å². The number of carbonyl (C=O) groups excluding carboxylic acids is 1. The summed E-state index contributed by atoms with van der Waals surface area (Å²) in [6.45, 7) is 0. The Hall–Kier alpha value is -0.770. The molecule has 1 rings (SSSR count). The minimum atomic E-state index is -0.524. The molecule has 0 spiro atoms. The summed E-state index contributed by atoms with van der Waals surface area (Å²) < 4.78 is 0. The molecule has 2 N–H and O–H groups in total. The Morgan fingerprint density at radius 3 is 2.77 bits per heavy atom. The third-order valence-corrected chi connectivity index (χ3v) is 2.09. The van der Waals surface area contributed by atoms with Gasteiger partial charge >= 0.3 is 0 Å². The van der Waals surface area contributed by atoms with Gasteiger partial charge in [-0.15, -0.1) is 0 Å². The number of amides is 1. The van der Waals surface area contributed by atoms with Gasteiger partial charge in [-0.3, -0.25) is 10.0 Å². The summed E-state index contributed by atoms with van der Waals surface area (Å²) in [6.07, 6.45) is 0.00981. The molecule has 0 atom stereocenters. The van der Waals surface area contributed by atoms with E-state index in [2.05, 4.69) is 0 Å². The fourth-order valence-electron chi connectivity index (χ4n) is 0.891. The van der Waals surface area contributed by atoms with E-state index in [1.54, 1.807) is 18.2 Å². The van der Waals surface area contributed by atoms with Crippen molar-refractivity contribution in [3.8, 4) is 0 Å². The van der Waals surface area contributed by atoms with Crippen LogP contribution < -0.4 is 5.48 Å². The number of carbonyl (C=O) groups is 1. The van der Waals surface area contributed by atoms with E-state index in [1.807, 2.05) is 0 Å². The van der Waals surface area contributed by atoms with E-state index in [4.69, 9.17) is 28.4 Å². The number of rotatable bonds is 2. The molecule has 0 aromatic heterocycles. The highest BCUT2D eigenvalue weighted by molar-refractivity contribution is 6.33. The third kappa shape index (κ3) is 2.88. The van der Waals surface area contributed by atoms with Gasteiger partial charge in [0.15, 0.2) is 0 Å². The fraction of sp³-hybridized carbons (Fsp3) is 0.125. The zero-order chi connectivity index (χ0) is 9.84. The molecule has 0 heterocycles. The lowest BCUT2D eigenvalue weighted by Crippen LogP contribution is -2.20. The van der Waals surface area contributed by atoms with Crippen molar-refractivity contribution in [1.29, 1.82) is 0 Å². The molecule has 0 saturated carbocycles. The quantitative estimate of drug-likeness (QED) is 0.591. The van der Waals surface area contributed by atoms with E-state index in [0.717, 1.165) is 0 Å². The van der Waals surface area contributed by atoms with Crippen molar-refractivity contribution in [2.75, 3.05) is 0 Å². The molecule has 3 nitrogen and oxygen atoms in total. The Kier molecular flexibility index (Phi) is 3.54. The van der Waals surface area contributed by atoms with Crippen LogP contribution in [0.25, 0.3) is 0 Å². The monoisotopic (exact) mass is 219 g/mol. The summed E-state index contributed by atoms with van der Waals surface area (Å²) in [6, 6.07) is 4.81. The first-order chi connectivity index (χ1) is 6.13. The van der Waals surface area contributed by atoms with Crippen LogP contribution in [0.1, 0.15) is 5.56 Å². The Balaban J connectivity index is 2.87. The van der Waals surface area contributed by atoms with Crippen LogP contribution in [0.2, 0.25) is 10.0 Å². The zero-order valence-corrected chi connectivity index (χ0v) is 8.06. The second-order valence-electron chi connectivity index (χ2n) is 2.45. The van der Waals surface area contributed by atoms with Crippen LogP contribution in [0.3, 0.4) is 0 Å². The molecule has 13 heavy (non-hydrogen) atoms. The van der Waals surface area contributed by atoms with Crippen molar-refractivity contribution in [1.82, 2.24) is 5.48 Å². The molecule has 5 heteroatoms. The highest BCUT2D eigenvalue weighted by Gasteiger charge is 2.06. The lowest BCUT2D eigenvalue weighted by atomic mass is 10.1. The highest BCUT2D eigenvalue weighted by atomic mass is 35.5. The van der Waals surface area contributed by atoms with Crippen LogP contribution in [0.4, 0.5) is 0 Å². The lowest BCUT2D eigenvalue weighted by Gasteiger charge is -2.02. The summed E-state index contributed by atoms with van der Waals surface area (Å²) in [5, 5.41) is 9.24. The van der Waals surface area contributed by atoms with Gasteiger partial charge in [0.2, 0.25) is 5.91 Å². The van der Waals surface area contributed by atoms with Gasteiger partial charge in [0.1, 0.15) is 0 Å². The number of halogens is 2. The van der Waals surface area contributed by atoms with E-state index >= 15 is 0 Å². The standard InChI is InChI=1S/C8H7Cl2NO2/c9-6-1-2-7(10)5(3-6)4-8(12)11-13/h1-3,13H,4H2,(H,11,12). The third-order valence-electron chi connectivity index (χ3n) is 1.48. The average Bonchev–Trinajstić information content (AvgIpc) is 2.11. The Morgan fingerprint density at radius 2 is 2.15 bits per heavy atom. The van der Waals surface area contributed by atoms with E-state index in [-0.39, 0.29) is 6.42 Å². The molecule has 0 aliphatic carbocycles. The summed E-state index contributed by atoms with van der Waals surface area (Å²) >= 11 is 11.5. The molecule has 70 valence electrons. The van der Waals surface area contributed by atoms with Crippen LogP contribution in [-0.4, -0.2) is 11.1 Å². The molecule has 1 aromatic carbocycles. The van der Waals surface area contributed by atoms with E-state index < -0.39 is 5.91 Å². The minimum Gasteiger partial charge on any atom is -0.289 e. The molecule has 0 aliphatic heterocycles. The molecule has 0 aliphatic rings. The Morgan fingerprint density at radius 1 is 1.46 bits per heavy atom. The lowest BCUT2D eigenvalue weighted by molar-refractivity contribution is -0.128. The maximum absolute atomic E-state index is 10.8. The highest BCUT2D eigenvalue weighted by Crippen LogP contribution is 2.20. The SMILES string of the molecule is O=C(Cc1cc(Cl)ccc1Cl)NO. The summed E-state index contributed by atoms with van der Waals surface area (Å²) in [5.41, 5.74) is 2.10. The molecular weight excluding hydrogens is 213 g/mol.